The van der Waals surface area contributed by atoms with E-state index in [1.54, 1.807) is 7.11 Å². The third-order valence-electron chi connectivity index (χ3n) is 4.69. The standard InChI is InChI=1S/C23H20N2O/c1-15-13-20-21(14-16(15)2)25-23(18-9-11-19(26-3)12-10-18)22(24-20)17-7-5-4-6-8-17/h4-14H,1-3H3. The fourth-order valence-corrected chi connectivity index (χ4v) is 3.06. The van der Waals surface area contributed by atoms with Crippen LogP contribution in [0.3, 0.4) is 0 Å². The third-order valence-corrected chi connectivity index (χ3v) is 4.69. The Bertz CT molecular complexity index is 1070. The highest BCUT2D eigenvalue weighted by atomic mass is 16.5. The van der Waals surface area contributed by atoms with E-state index in [9.17, 15) is 0 Å². The second kappa shape index (κ2) is 6.60. The lowest BCUT2D eigenvalue weighted by atomic mass is 10.0. The van der Waals surface area contributed by atoms with E-state index in [-0.39, 0.29) is 0 Å². The molecule has 0 saturated carbocycles. The number of aryl methyl sites for hydroxylation is 2. The van der Waals surface area contributed by atoms with Crippen LogP contribution in [-0.4, -0.2) is 17.1 Å². The monoisotopic (exact) mass is 340 g/mol. The molecular formula is C23H20N2O. The molecule has 0 aliphatic heterocycles. The largest absolute Gasteiger partial charge is 0.497 e. The first kappa shape index (κ1) is 16.3. The predicted molar refractivity (Wildman–Crippen MR) is 106 cm³/mol. The fraction of sp³-hybridized carbons (Fsp3) is 0.130. The molecule has 0 amide bonds. The van der Waals surface area contributed by atoms with Gasteiger partial charge in [-0.2, -0.15) is 0 Å². The summed E-state index contributed by atoms with van der Waals surface area (Å²) in [6.45, 7) is 4.21. The summed E-state index contributed by atoms with van der Waals surface area (Å²) < 4.78 is 5.28. The molecule has 1 aromatic heterocycles. The molecule has 128 valence electrons. The van der Waals surface area contributed by atoms with Gasteiger partial charge in [-0.3, -0.25) is 0 Å². The number of ether oxygens (including phenoxy) is 1. The number of fused-ring (bicyclic) bond motifs is 1. The molecule has 4 aromatic rings. The van der Waals surface area contributed by atoms with Crippen molar-refractivity contribution in [1.82, 2.24) is 9.97 Å². The summed E-state index contributed by atoms with van der Waals surface area (Å²) in [7, 11) is 1.67. The maximum Gasteiger partial charge on any atom is 0.118 e. The van der Waals surface area contributed by atoms with E-state index in [1.165, 1.54) is 11.1 Å². The molecule has 0 N–H and O–H groups in total. The molecule has 3 nitrogen and oxygen atoms in total. The Labute approximate surface area is 153 Å². The van der Waals surface area contributed by atoms with E-state index in [4.69, 9.17) is 14.7 Å². The van der Waals surface area contributed by atoms with Gasteiger partial charge in [-0.1, -0.05) is 30.3 Å². The summed E-state index contributed by atoms with van der Waals surface area (Å²) in [6.07, 6.45) is 0. The zero-order valence-corrected chi connectivity index (χ0v) is 15.2. The van der Waals surface area contributed by atoms with E-state index >= 15 is 0 Å². The summed E-state index contributed by atoms with van der Waals surface area (Å²) in [5, 5.41) is 0. The molecule has 0 aliphatic rings. The maximum absolute atomic E-state index is 5.28. The van der Waals surface area contributed by atoms with Gasteiger partial charge in [0.15, 0.2) is 0 Å². The molecule has 3 heteroatoms. The van der Waals surface area contributed by atoms with Gasteiger partial charge in [0, 0.05) is 11.1 Å². The number of hydrogen-bond donors (Lipinski definition) is 0. The Kier molecular flexibility index (Phi) is 4.13. The van der Waals surface area contributed by atoms with Crippen LogP contribution in [0.15, 0.2) is 66.7 Å². The third kappa shape index (κ3) is 2.92. The van der Waals surface area contributed by atoms with Crippen molar-refractivity contribution in [3.8, 4) is 28.3 Å². The topological polar surface area (TPSA) is 35.0 Å². The van der Waals surface area contributed by atoms with Crippen molar-refractivity contribution < 1.29 is 4.74 Å². The summed E-state index contributed by atoms with van der Waals surface area (Å²) in [5.41, 5.74) is 8.15. The van der Waals surface area contributed by atoms with Crippen molar-refractivity contribution in [3.05, 3.63) is 77.9 Å². The first-order chi connectivity index (χ1) is 12.7. The highest BCUT2D eigenvalue weighted by Crippen LogP contribution is 2.32. The Morgan fingerprint density at radius 2 is 1.15 bits per heavy atom. The molecule has 0 atom stereocenters. The van der Waals surface area contributed by atoms with Crippen LogP contribution in [0.25, 0.3) is 33.5 Å². The molecule has 0 aliphatic carbocycles. The lowest BCUT2D eigenvalue weighted by molar-refractivity contribution is 0.415. The molecule has 26 heavy (non-hydrogen) atoms. The zero-order valence-electron chi connectivity index (χ0n) is 15.2. The number of rotatable bonds is 3. The van der Waals surface area contributed by atoms with Gasteiger partial charge in [0.25, 0.3) is 0 Å². The van der Waals surface area contributed by atoms with Crippen LogP contribution in [0.2, 0.25) is 0 Å². The molecule has 0 bridgehead atoms. The highest BCUT2D eigenvalue weighted by Gasteiger charge is 2.14. The summed E-state index contributed by atoms with van der Waals surface area (Å²) >= 11 is 0. The summed E-state index contributed by atoms with van der Waals surface area (Å²) in [4.78, 5) is 9.95. The number of aromatic nitrogens is 2. The van der Waals surface area contributed by atoms with E-state index in [1.807, 2.05) is 42.5 Å². The van der Waals surface area contributed by atoms with E-state index in [2.05, 4.69) is 38.1 Å². The maximum atomic E-state index is 5.28. The van der Waals surface area contributed by atoms with Gasteiger partial charge in [0.05, 0.1) is 29.5 Å². The van der Waals surface area contributed by atoms with Crippen LogP contribution in [0, 0.1) is 13.8 Å². The van der Waals surface area contributed by atoms with Gasteiger partial charge in [-0.05, 0) is 61.4 Å². The van der Waals surface area contributed by atoms with Gasteiger partial charge >= 0.3 is 0 Å². The number of benzene rings is 3. The zero-order chi connectivity index (χ0) is 18.1. The van der Waals surface area contributed by atoms with Crippen LogP contribution < -0.4 is 4.74 Å². The lowest BCUT2D eigenvalue weighted by Gasteiger charge is -2.12. The minimum absolute atomic E-state index is 0.829. The van der Waals surface area contributed by atoms with Crippen molar-refractivity contribution >= 4 is 11.0 Å². The first-order valence-corrected chi connectivity index (χ1v) is 8.64. The van der Waals surface area contributed by atoms with Gasteiger partial charge in [0.1, 0.15) is 5.75 Å². The molecular weight excluding hydrogens is 320 g/mol. The molecule has 0 unspecified atom stereocenters. The average Bonchev–Trinajstić information content (AvgIpc) is 2.69. The Balaban J connectivity index is 2.00. The van der Waals surface area contributed by atoms with Crippen molar-refractivity contribution in [1.29, 1.82) is 0 Å². The van der Waals surface area contributed by atoms with Crippen molar-refractivity contribution in [2.75, 3.05) is 7.11 Å². The average molecular weight is 340 g/mol. The van der Waals surface area contributed by atoms with Crippen molar-refractivity contribution in [2.45, 2.75) is 13.8 Å². The van der Waals surface area contributed by atoms with Crippen molar-refractivity contribution in [2.24, 2.45) is 0 Å². The van der Waals surface area contributed by atoms with Gasteiger partial charge in [0.2, 0.25) is 0 Å². The lowest BCUT2D eigenvalue weighted by Crippen LogP contribution is -1.97. The minimum atomic E-state index is 0.829. The highest BCUT2D eigenvalue weighted by molar-refractivity contribution is 5.87. The molecule has 1 heterocycles. The number of methoxy groups -OCH3 is 1. The second-order valence-corrected chi connectivity index (χ2v) is 6.44. The molecule has 0 saturated heterocycles. The molecule has 3 aromatic carbocycles. The van der Waals surface area contributed by atoms with Crippen LogP contribution >= 0.6 is 0 Å². The number of hydrogen-bond acceptors (Lipinski definition) is 3. The minimum Gasteiger partial charge on any atom is -0.497 e. The van der Waals surface area contributed by atoms with E-state index in [0.717, 1.165) is 39.3 Å². The molecule has 0 spiro atoms. The Morgan fingerprint density at radius 1 is 0.654 bits per heavy atom. The molecule has 4 rings (SSSR count). The predicted octanol–water partition coefficient (Wildman–Crippen LogP) is 5.59. The summed E-state index contributed by atoms with van der Waals surface area (Å²) in [5.74, 6) is 0.829. The van der Waals surface area contributed by atoms with Gasteiger partial charge < -0.3 is 4.74 Å². The van der Waals surface area contributed by atoms with Gasteiger partial charge in [-0.15, -0.1) is 0 Å². The van der Waals surface area contributed by atoms with Gasteiger partial charge in [-0.25, -0.2) is 9.97 Å². The van der Waals surface area contributed by atoms with Crippen LogP contribution in [0.4, 0.5) is 0 Å². The summed E-state index contributed by atoms with van der Waals surface area (Å²) in [6, 6.07) is 22.4. The number of nitrogens with zero attached hydrogens (tertiary/aromatic N) is 2. The van der Waals surface area contributed by atoms with E-state index < -0.39 is 0 Å². The normalized spacial score (nSPS) is 10.9. The Morgan fingerprint density at radius 3 is 1.65 bits per heavy atom. The molecule has 0 fully saturated rings. The SMILES string of the molecule is COc1ccc(-c2nc3cc(C)c(C)cc3nc2-c2ccccc2)cc1. The van der Waals surface area contributed by atoms with Crippen LogP contribution in [0.1, 0.15) is 11.1 Å². The van der Waals surface area contributed by atoms with Crippen molar-refractivity contribution in [3.63, 3.8) is 0 Å². The second-order valence-electron chi connectivity index (χ2n) is 6.44. The fourth-order valence-electron chi connectivity index (χ4n) is 3.06. The quantitative estimate of drug-likeness (QED) is 0.488. The van der Waals surface area contributed by atoms with E-state index in [0.29, 0.717) is 0 Å². The molecule has 0 radical (unpaired) electrons. The first-order valence-electron chi connectivity index (χ1n) is 8.64. The Hall–Kier alpha value is -3.20. The smallest absolute Gasteiger partial charge is 0.118 e. The van der Waals surface area contributed by atoms with Crippen LogP contribution in [-0.2, 0) is 0 Å². The van der Waals surface area contributed by atoms with Crippen LogP contribution in [0.5, 0.6) is 5.75 Å².